The first-order valence-corrected chi connectivity index (χ1v) is 27.7. The predicted molar refractivity (Wildman–Crippen MR) is 272 cm³/mol. The second kappa shape index (κ2) is 25.5. The number of nitrogens with one attached hydrogen (secondary N) is 3. The van der Waals surface area contributed by atoms with Gasteiger partial charge in [0.05, 0.1) is 30.1 Å². The summed E-state index contributed by atoms with van der Waals surface area (Å²) < 4.78 is 73.7. The standard InChI is InChI=1S/C25H36IN3O7S.C20H28IN3O5S.ClH/c1-25(2,3)36-24(32)27-21(16-8-6-5-7-9-16)22(30)29-15-18(14-20(29)23(31)35-4)28-37(33,34)19-12-10-17(26)11-13-19;1-29-20(26)17-11-15(23-30(27,28)16-9-7-14(21)8-10-16)12-24(17)19(25)18(22)13-5-3-2-4-6-13;/h10-13,16,18,20-21,28H,5-9,14-15H2,1-4H3,(H,27,32);7-10,13,15,17-18,23H,2-6,11-12,22H2,1H3;1H/t18-,20-,21+;15-,17-,18+;/m11./s1. The molecule has 2 saturated carbocycles. The number of sulfonamides is 2. The van der Waals surface area contributed by atoms with Gasteiger partial charge in [-0.2, -0.15) is 0 Å². The maximum atomic E-state index is 13.9. The monoisotopic (exact) mass is 1230 g/mol. The Balaban J connectivity index is 0.000000298. The molecule has 6 rings (SSSR count). The SMILES string of the molecule is COC(=O)[C@H]1C[C@@H](NS(=O)(=O)c2ccc(I)cc2)CN1C(=O)[C@@H](N)C1CCCCC1.COC(=O)[C@H]1C[C@@H](NS(=O)(=O)c2ccc(I)cc2)CN1C(=O)[C@@H](NC(=O)OC(C)(C)C)C1CCCCC1.Cl. The number of hydrogen-bond acceptors (Lipinski definition) is 13. The summed E-state index contributed by atoms with van der Waals surface area (Å²) in [5.74, 6) is -1.97. The van der Waals surface area contributed by atoms with E-state index in [1.807, 2.05) is 0 Å². The highest BCUT2D eigenvalue weighted by atomic mass is 127. The second-order valence-electron chi connectivity index (χ2n) is 18.5. The van der Waals surface area contributed by atoms with Gasteiger partial charge < -0.3 is 35.1 Å². The highest BCUT2D eigenvalue weighted by Gasteiger charge is 2.47. The van der Waals surface area contributed by atoms with Gasteiger partial charge in [-0.25, -0.2) is 40.7 Å². The van der Waals surface area contributed by atoms with E-state index in [4.69, 9.17) is 19.9 Å². The summed E-state index contributed by atoms with van der Waals surface area (Å²) in [6, 6.07) is 8.15. The zero-order chi connectivity index (χ0) is 49.3. The van der Waals surface area contributed by atoms with E-state index in [1.165, 1.54) is 48.3 Å². The quantitative estimate of drug-likeness (QED) is 0.114. The number of ether oxygens (including phenoxy) is 3. The first-order chi connectivity index (χ1) is 31.5. The third-order valence-electron chi connectivity index (χ3n) is 12.5. The van der Waals surface area contributed by atoms with Crippen LogP contribution in [0, 0.1) is 19.0 Å². The van der Waals surface area contributed by atoms with Crippen LogP contribution in [0.25, 0.3) is 0 Å². The molecule has 5 N–H and O–H groups in total. The smallest absolute Gasteiger partial charge is 0.408 e. The number of alkyl carbamates (subject to hydrolysis) is 1. The Hall–Kier alpha value is -2.88. The van der Waals surface area contributed by atoms with Crippen molar-refractivity contribution in [1.82, 2.24) is 24.6 Å². The molecule has 3 amide bonds. The Labute approximate surface area is 433 Å². The number of likely N-dealkylation sites (tertiary alicyclic amines) is 2. The Bertz CT molecular complexity index is 2280. The average Bonchev–Trinajstić information content (AvgIpc) is 3.91. The van der Waals surface area contributed by atoms with Crippen molar-refractivity contribution in [2.24, 2.45) is 17.6 Å². The molecule has 2 heterocycles. The number of nitrogens with zero attached hydrogens (tertiary/aromatic N) is 2. The second-order valence-corrected chi connectivity index (χ2v) is 24.4. The number of amides is 3. The zero-order valence-corrected chi connectivity index (χ0v) is 45.8. The van der Waals surface area contributed by atoms with Gasteiger partial charge in [0.15, 0.2) is 0 Å². The summed E-state index contributed by atoms with van der Waals surface area (Å²) >= 11 is 4.19. The van der Waals surface area contributed by atoms with Crippen molar-refractivity contribution < 1.29 is 55.0 Å². The average molecular weight is 1240 g/mol. The van der Waals surface area contributed by atoms with Crippen LogP contribution in [-0.2, 0) is 53.4 Å². The minimum Gasteiger partial charge on any atom is -0.467 e. The Morgan fingerprint density at radius 3 is 1.41 bits per heavy atom. The molecule has 0 unspecified atom stereocenters. The minimum absolute atomic E-state index is 0. The zero-order valence-electron chi connectivity index (χ0n) is 39.0. The molecule has 68 heavy (non-hydrogen) atoms. The Kier molecular flexibility index (Phi) is 21.6. The van der Waals surface area contributed by atoms with E-state index in [9.17, 15) is 40.8 Å². The van der Waals surface area contributed by atoms with Crippen LogP contribution in [0.2, 0.25) is 0 Å². The summed E-state index contributed by atoms with van der Waals surface area (Å²) in [6.07, 6.45) is 8.97. The molecule has 0 spiro atoms. The predicted octanol–water partition coefficient (Wildman–Crippen LogP) is 5.23. The van der Waals surface area contributed by atoms with Crippen molar-refractivity contribution >= 4 is 107 Å². The number of hydrogen-bond donors (Lipinski definition) is 4. The van der Waals surface area contributed by atoms with Gasteiger partial charge in [0.1, 0.15) is 23.7 Å². The molecule has 2 aliphatic carbocycles. The van der Waals surface area contributed by atoms with E-state index >= 15 is 0 Å². The fourth-order valence-corrected chi connectivity index (χ4v) is 12.4. The molecule has 2 saturated heterocycles. The largest absolute Gasteiger partial charge is 0.467 e. The molecular weight excluding hydrogens is 1170 g/mol. The molecule has 2 aliphatic heterocycles. The molecule has 0 radical (unpaired) electrons. The van der Waals surface area contributed by atoms with Crippen LogP contribution in [0.5, 0.6) is 0 Å². The number of esters is 2. The summed E-state index contributed by atoms with van der Waals surface area (Å²) in [4.78, 5) is 67.6. The lowest BCUT2D eigenvalue weighted by Gasteiger charge is -2.34. The highest BCUT2D eigenvalue weighted by molar-refractivity contribution is 14.1. The van der Waals surface area contributed by atoms with Crippen LogP contribution in [0.1, 0.15) is 97.8 Å². The van der Waals surface area contributed by atoms with E-state index in [0.717, 1.165) is 71.3 Å². The number of methoxy groups -OCH3 is 2. The van der Waals surface area contributed by atoms with Gasteiger partial charge in [-0.1, -0.05) is 38.5 Å². The number of nitrogens with two attached hydrogens (primary N) is 1. The molecule has 4 aliphatic rings. The lowest BCUT2D eigenvalue weighted by molar-refractivity contribution is -0.152. The fourth-order valence-electron chi connectivity index (χ4n) is 9.20. The lowest BCUT2D eigenvalue weighted by atomic mass is 9.83. The third kappa shape index (κ3) is 15.8. The van der Waals surface area contributed by atoms with E-state index in [1.54, 1.807) is 45.0 Å². The molecule has 18 nitrogen and oxygen atoms in total. The molecule has 0 aromatic heterocycles. The molecule has 6 atom stereocenters. The number of benzene rings is 2. The van der Waals surface area contributed by atoms with Gasteiger partial charge in [-0.15, -0.1) is 12.4 Å². The van der Waals surface area contributed by atoms with Crippen LogP contribution in [0.15, 0.2) is 58.3 Å². The van der Waals surface area contributed by atoms with E-state index in [2.05, 4.69) is 59.9 Å². The first-order valence-electron chi connectivity index (χ1n) is 22.6. The molecule has 4 fully saturated rings. The topological polar surface area (TPSA) is 250 Å². The van der Waals surface area contributed by atoms with Crippen LogP contribution in [0.4, 0.5) is 4.79 Å². The van der Waals surface area contributed by atoms with Crippen LogP contribution < -0.4 is 20.5 Å². The van der Waals surface area contributed by atoms with Gasteiger partial charge >= 0.3 is 18.0 Å². The molecule has 2 aromatic carbocycles. The van der Waals surface area contributed by atoms with Crippen LogP contribution in [0.3, 0.4) is 0 Å². The van der Waals surface area contributed by atoms with Gasteiger partial charge in [0.2, 0.25) is 31.9 Å². The number of carbonyl (C=O) groups is 5. The van der Waals surface area contributed by atoms with Crippen molar-refractivity contribution in [3.05, 3.63) is 55.7 Å². The highest BCUT2D eigenvalue weighted by Crippen LogP contribution is 2.32. The molecule has 0 bridgehead atoms. The third-order valence-corrected chi connectivity index (χ3v) is 17.0. The molecular formula is C45H65ClI2N6O12S2. The number of rotatable bonds is 13. The van der Waals surface area contributed by atoms with Gasteiger partial charge in [0, 0.05) is 32.3 Å². The fraction of sp³-hybridized carbons (Fsp3) is 0.622. The minimum atomic E-state index is -3.88. The van der Waals surface area contributed by atoms with E-state index in [-0.39, 0.29) is 65.9 Å². The normalized spacial score (nSPS) is 22.4. The Morgan fingerprint density at radius 1 is 0.647 bits per heavy atom. The van der Waals surface area contributed by atoms with Gasteiger partial charge in [-0.05, 0) is 165 Å². The molecule has 2 aromatic rings. The summed E-state index contributed by atoms with van der Waals surface area (Å²) in [7, 11) is -5.17. The van der Waals surface area contributed by atoms with E-state index < -0.39 is 85.8 Å². The summed E-state index contributed by atoms with van der Waals surface area (Å²) in [5, 5.41) is 2.75. The first kappa shape index (κ1) is 57.7. The van der Waals surface area contributed by atoms with Crippen molar-refractivity contribution in [3.63, 3.8) is 0 Å². The summed E-state index contributed by atoms with van der Waals surface area (Å²) in [6.45, 7) is 5.27. The van der Waals surface area contributed by atoms with Crippen molar-refractivity contribution in [2.75, 3.05) is 27.3 Å². The van der Waals surface area contributed by atoms with Crippen molar-refractivity contribution in [3.8, 4) is 0 Å². The molecule has 23 heteroatoms. The van der Waals surface area contributed by atoms with Gasteiger partial charge in [-0.3, -0.25) is 9.59 Å². The van der Waals surface area contributed by atoms with E-state index in [0.29, 0.717) is 0 Å². The van der Waals surface area contributed by atoms with Gasteiger partial charge in [0.25, 0.3) is 0 Å². The van der Waals surface area contributed by atoms with Crippen LogP contribution >= 0.6 is 57.6 Å². The number of halogens is 3. The number of carbonyl (C=O) groups excluding carboxylic acids is 5. The lowest BCUT2D eigenvalue weighted by Crippen LogP contribution is -2.56. The summed E-state index contributed by atoms with van der Waals surface area (Å²) in [5.41, 5.74) is 5.53. The molecule has 380 valence electrons. The van der Waals surface area contributed by atoms with Crippen molar-refractivity contribution in [1.29, 1.82) is 0 Å². The maximum absolute atomic E-state index is 13.9. The van der Waals surface area contributed by atoms with Crippen LogP contribution in [-0.4, -0.2) is 126 Å². The maximum Gasteiger partial charge on any atom is 0.408 e. The van der Waals surface area contributed by atoms with Crippen molar-refractivity contribution in [2.45, 2.75) is 149 Å². The Morgan fingerprint density at radius 2 is 1.03 bits per heavy atom.